The Morgan fingerprint density at radius 1 is 1.24 bits per heavy atom. The molecule has 0 saturated heterocycles. The lowest BCUT2D eigenvalue weighted by molar-refractivity contribution is -0.143. The van der Waals surface area contributed by atoms with Crippen LogP contribution in [0, 0.1) is 0 Å². The Balaban J connectivity index is 1.80. The molecular weight excluding hydrogens is 264 g/mol. The van der Waals surface area contributed by atoms with Crippen LogP contribution >= 0.6 is 0 Å². The van der Waals surface area contributed by atoms with Crippen molar-refractivity contribution in [2.45, 2.75) is 45.7 Å². The summed E-state index contributed by atoms with van der Waals surface area (Å²) in [5, 5.41) is 1.24. The van der Waals surface area contributed by atoms with Crippen molar-refractivity contribution in [3.8, 4) is 0 Å². The van der Waals surface area contributed by atoms with Gasteiger partial charge in [-0.2, -0.15) is 0 Å². The fraction of sp³-hybridized carbons (Fsp3) is 0.471. The van der Waals surface area contributed by atoms with Crippen LogP contribution in [-0.4, -0.2) is 17.1 Å². The first-order chi connectivity index (χ1) is 10.2. The maximum Gasteiger partial charge on any atom is 0.305 e. The number of carbonyl (C=O) groups excluding carboxylic acids is 1. The van der Waals surface area contributed by atoms with E-state index < -0.39 is 0 Å². The molecule has 1 aromatic carbocycles. The molecule has 0 atom stereocenters. The minimum absolute atomic E-state index is 0.0850. The maximum absolute atomic E-state index is 11.2. The second kappa shape index (κ2) is 7.84. The Kier molecular flexibility index (Phi) is 5.81. The summed E-state index contributed by atoms with van der Waals surface area (Å²) in [5.41, 5.74) is 8.07. The van der Waals surface area contributed by atoms with E-state index in [1.54, 1.807) is 0 Å². The number of hydrogen-bond donors (Lipinski definition) is 1. The van der Waals surface area contributed by atoms with Gasteiger partial charge in [-0.05, 0) is 48.9 Å². The fourth-order valence-corrected chi connectivity index (χ4v) is 2.53. The van der Waals surface area contributed by atoms with Gasteiger partial charge in [0, 0.05) is 31.2 Å². The normalized spacial score (nSPS) is 11.0. The van der Waals surface area contributed by atoms with Crippen LogP contribution in [-0.2, 0) is 22.6 Å². The van der Waals surface area contributed by atoms with Crippen LogP contribution in [0.15, 0.2) is 30.5 Å². The average molecular weight is 288 g/mol. The van der Waals surface area contributed by atoms with Crippen molar-refractivity contribution in [2.24, 2.45) is 5.73 Å². The van der Waals surface area contributed by atoms with Crippen LogP contribution in [0.1, 0.15) is 38.2 Å². The van der Waals surface area contributed by atoms with Gasteiger partial charge in [-0.1, -0.05) is 12.5 Å². The summed E-state index contributed by atoms with van der Waals surface area (Å²) in [6.45, 7) is 3.87. The smallest absolute Gasteiger partial charge is 0.305 e. The third-order valence-corrected chi connectivity index (χ3v) is 3.66. The fourth-order valence-electron chi connectivity index (χ4n) is 2.53. The van der Waals surface area contributed by atoms with Gasteiger partial charge in [-0.15, -0.1) is 0 Å². The van der Waals surface area contributed by atoms with Gasteiger partial charge in [0.2, 0.25) is 0 Å². The number of rotatable bonds is 8. The SMILES string of the molecule is CCOC(=O)CCCCCn1ccc2cc(CN)ccc21. The molecule has 0 unspecified atom stereocenters. The lowest BCUT2D eigenvalue weighted by atomic mass is 10.1. The molecule has 0 aliphatic carbocycles. The third-order valence-electron chi connectivity index (χ3n) is 3.66. The van der Waals surface area contributed by atoms with Crippen molar-refractivity contribution in [1.82, 2.24) is 4.57 Å². The number of benzene rings is 1. The molecule has 0 aliphatic heterocycles. The zero-order valence-electron chi connectivity index (χ0n) is 12.7. The molecule has 0 aliphatic rings. The minimum Gasteiger partial charge on any atom is -0.466 e. The van der Waals surface area contributed by atoms with E-state index in [1.165, 1.54) is 10.9 Å². The van der Waals surface area contributed by atoms with Crippen LogP contribution in [0.3, 0.4) is 0 Å². The standard InChI is InChI=1S/C17H24N2O2/c1-2-21-17(20)6-4-3-5-10-19-11-9-15-12-14(13-18)7-8-16(15)19/h7-9,11-12H,2-6,10,13,18H2,1H3. The molecule has 0 saturated carbocycles. The summed E-state index contributed by atoms with van der Waals surface area (Å²) in [7, 11) is 0. The zero-order valence-corrected chi connectivity index (χ0v) is 12.7. The Labute approximate surface area is 125 Å². The molecule has 2 N–H and O–H groups in total. The van der Waals surface area contributed by atoms with Gasteiger partial charge in [0.25, 0.3) is 0 Å². The Bertz CT molecular complexity index is 589. The van der Waals surface area contributed by atoms with E-state index >= 15 is 0 Å². The van der Waals surface area contributed by atoms with E-state index in [-0.39, 0.29) is 5.97 Å². The van der Waals surface area contributed by atoms with Crippen LogP contribution < -0.4 is 5.73 Å². The maximum atomic E-state index is 11.2. The summed E-state index contributed by atoms with van der Waals surface area (Å²) >= 11 is 0. The van der Waals surface area contributed by atoms with Crippen LogP contribution in [0.5, 0.6) is 0 Å². The number of fused-ring (bicyclic) bond motifs is 1. The predicted molar refractivity (Wildman–Crippen MR) is 84.9 cm³/mol. The van der Waals surface area contributed by atoms with E-state index in [4.69, 9.17) is 10.5 Å². The molecule has 1 aromatic heterocycles. The van der Waals surface area contributed by atoms with Crippen LogP contribution in [0.25, 0.3) is 10.9 Å². The van der Waals surface area contributed by atoms with Crippen molar-refractivity contribution in [3.63, 3.8) is 0 Å². The van der Waals surface area contributed by atoms with Crippen molar-refractivity contribution in [3.05, 3.63) is 36.0 Å². The number of nitrogens with two attached hydrogens (primary N) is 1. The first-order valence-electron chi connectivity index (χ1n) is 7.68. The number of carbonyl (C=O) groups is 1. The number of aryl methyl sites for hydroxylation is 1. The molecule has 0 spiro atoms. The average Bonchev–Trinajstić information content (AvgIpc) is 2.89. The molecule has 0 radical (unpaired) electrons. The summed E-state index contributed by atoms with van der Waals surface area (Å²) in [4.78, 5) is 11.2. The number of hydrogen-bond acceptors (Lipinski definition) is 3. The van der Waals surface area contributed by atoms with Gasteiger partial charge in [-0.25, -0.2) is 0 Å². The monoisotopic (exact) mass is 288 g/mol. The highest BCUT2D eigenvalue weighted by Crippen LogP contribution is 2.18. The van der Waals surface area contributed by atoms with Crippen LogP contribution in [0.2, 0.25) is 0 Å². The number of aromatic nitrogens is 1. The van der Waals surface area contributed by atoms with Gasteiger partial charge >= 0.3 is 5.97 Å². The van der Waals surface area contributed by atoms with E-state index in [0.29, 0.717) is 19.6 Å². The molecule has 4 nitrogen and oxygen atoms in total. The second-order valence-corrected chi connectivity index (χ2v) is 5.22. The highest BCUT2D eigenvalue weighted by Gasteiger charge is 2.03. The second-order valence-electron chi connectivity index (χ2n) is 5.22. The first kappa shape index (κ1) is 15.6. The predicted octanol–water partition coefficient (Wildman–Crippen LogP) is 3.22. The largest absolute Gasteiger partial charge is 0.466 e. The van der Waals surface area contributed by atoms with Gasteiger partial charge in [-0.3, -0.25) is 4.79 Å². The lowest BCUT2D eigenvalue weighted by Gasteiger charge is -2.06. The quantitative estimate of drug-likeness (QED) is 0.599. The third kappa shape index (κ3) is 4.33. The number of unbranched alkanes of at least 4 members (excludes halogenated alkanes) is 2. The van der Waals surface area contributed by atoms with Gasteiger partial charge < -0.3 is 15.0 Å². The van der Waals surface area contributed by atoms with E-state index in [2.05, 4.69) is 35.0 Å². The summed E-state index contributed by atoms with van der Waals surface area (Å²) in [6.07, 6.45) is 5.66. The van der Waals surface area contributed by atoms with E-state index in [0.717, 1.165) is 31.4 Å². The zero-order chi connectivity index (χ0) is 15.1. The summed E-state index contributed by atoms with van der Waals surface area (Å²) < 4.78 is 7.18. The molecule has 4 heteroatoms. The number of esters is 1. The molecule has 114 valence electrons. The molecule has 21 heavy (non-hydrogen) atoms. The highest BCUT2D eigenvalue weighted by molar-refractivity contribution is 5.80. The molecule has 0 amide bonds. The van der Waals surface area contributed by atoms with Gasteiger partial charge in [0.05, 0.1) is 6.61 Å². The molecule has 2 rings (SSSR count). The van der Waals surface area contributed by atoms with Crippen molar-refractivity contribution < 1.29 is 9.53 Å². The molecule has 2 aromatic rings. The molecule has 0 bridgehead atoms. The van der Waals surface area contributed by atoms with Crippen molar-refractivity contribution >= 4 is 16.9 Å². The topological polar surface area (TPSA) is 57.2 Å². The number of nitrogens with zero attached hydrogens (tertiary/aromatic N) is 1. The molecule has 1 heterocycles. The lowest BCUT2D eigenvalue weighted by Crippen LogP contribution is -2.03. The molecule has 0 fully saturated rings. The van der Waals surface area contributed by atoms with Crippen molar-refractivity contribution in [1.29, 1.82) is 0 Å². The highest BCUT2D eigenvalue weighted by atomic mass is 16.5. The van der Waals surface area contributed by atoms with Gasteiger partial charge in [0.1, 0.15) is 0 Å². The first-order valence-corrected chi connectivity index (χ1v) is 7.68. The van der Waals surface area contributed by atoms with Crippen molar-refractivity contribution in [2.75, 3.05) is 6.61 Å². The van der Waals surface area contributed by atoms with Crippen LogP contribution in [0.4, 0.5) is 0 Å². The Morgan fingerprint density at radius 2 is 2.10 bits per heavy atom. The molecular formula is C17H24N2O2. The summed E-state index contributed by atoms with van der Waals surface area (Å²) in [5.74, 6) is -0.0850. The van der Waals surface area contributed by atoms with E-state index in [9.17, 15) is 4.79 Å². The summed E-state index contributed by atoms with van der Waals surface area (Å²) in [6, 6.07) is 8.50. The number of ether oxygens (including phenoxy) is 1. The Hall–Kier alpha value is -1.81. The van der Waals surface area contributed by atoms with Gasteiger partial charge in [0.15, 0.2) is 0 Å². The van der Waals surface area contributed by atoms with E-state index in [1.807, 2.05) is 6.92 Å². The Morgan fingerprint density at radius 3 is 2.86 bits per heavy atom. The minimum atomic E-state index is -0.0850.